The molecule has 0 radical (unpaired) electrons. The maximum Gasteiger partial charge on any atom is 0.254 e. The first-order valence-corrected chi connectivity index (χ1v) is 7.44. The molecule has 3 rings (SSSR count). The monoisotopic (exact) mass is 294 g/mol. The average molecular weight is 294 g/mol. The maximum atomic E-state index is 5.68. The van der Waals surface area contributed by atoms with E-state index in [-0.39, 0.29) is 6.61 Å². The predicted molar refractivity (Wildman–Crippen MR) is 84.5 cm³/mol. The Kier molecular flexibility index (Phi) is 4.49. The van der Waals surface area contributed by atoms with Crippen molar-refractivity contribution in [3.8, 4) is 17.2 Å². The average Bonchev–Trinajstić information content (AvgIpc) is 3.04. The topological polar surface area (TPSA) is 48.2 Å². The van der Waals surface area contributed by atoms with Crippen LogP contribution in [-0.2, 0) is 13.0 Å². The highest BCUT2D eigenvalue weighted by atomic mass is 16.5. The van der Waals surface area contributed by atoms with Crippen LogP contribution in [0.15, 0.2) is 59.0 Å². The quantitative estimate of drug-likeness (QED) is 0.681. The van der Waals surface area contributed by atoms with Gasteiger partial charge in [0.1, 0.15) is 5.75 Å². The van der Waals surface area contributed by atoms with Gasteiger partial charge in [0, 0.05) is 5.56 Å². The van der Waals surface area contributed by atoms with Gasteiger partial charge in [0.25, 0.3) is 5.89 Å². The van der Waals surface area contributed by atoms with Gasteiger partial charge in [-0.25, -0.2) is 0 Å². The number of aryl methyl sites for hydroxylation is 1. The molecule has 0 saturated carbocycles. The largest absolute Gasteiger partial charge is 0.484 e. The van der Waals surface area contributed by atoms with E-state index in [4.69, 9.17) is 9.15 Å². The van der Waals surface area contributed by atoms with Crippen molar-refractivity contribution >= 4 is 0 Å². The third kappa shape index (κ3) is 3.52. The summed E-state index contributed by atoms with van der Waals surface area (Å²) in [6, 6.07) is 17.8. The normalized spacial score (nSPS) is 10.6. The van der Waals surface area contributed by atoms with Gasteiger partial charge in [-0.2, -0.15) is 0 Å². The van der Waals surface area contributed by atoms with E-state index >= 15 is 0 Å². The Morgan fingerprint density at radius 3 is 2.45 bits per heavy atom. The van der Waals surface area contributed by atoms with Gasteiger partial charge >= 0.3 is 0 Å². The van der Waals surface area contributed by atoms with E-state index in [2.05, 4.69) is 29.3 Å². The molecule has 1 aromatic heterocycles. The van der Waals surface area contributed by atoms with Crippen LogP contribution in [0.3, 0.4) is 0 Å². The Morgan fingerprint density at radius 1 is 0.955 bits per heavy atom. The van der Waals surface area contributed by atoms with Gasteiger partial charge < -0.3 is 9.15 Å². The van der Waals surface area contributed by atoms with Crippen molar-refractivity contribution in [1.82, 2.24) is 10.2 Å². The summed E-state index contributed by atoms with van der Waals surface area (Å²) in [6.45, 7) is 2.44. The third-order valence-electron chi connectivity index (χ3n) is 3.31. The molecular weight excluding hydrogens is 276 g/mol. The minimum atomic E-state index is 0.271. The number of hydrogen-bond donors (Lipinski definition) is 0. The van der Waals surface area contributed by atoms with Crippen LogP contribution in [0, 0.1) is 0 Å². The molecule has 0 aliphatic rings. The molecular formula is C18H18N2O2. The van der Waals surface area contributed by atoms with Crippen molar-refractivity contribution in [2.24, 2.45) is 0 Å². The van der Waals surface area contributed by atoms with Crippen LogP contribution in [-0.4, -0.2) is 10.2 Å². The first-order chi connectivity index (χ1) is 10.8. The molecule has 0 unspecified atom stereocenters. The van der Waals surface area contributed by atoms with E-state index in [0.717, 1.165) is 24.2 Å². The summed E-state index contributed by atoms with van der Waals surface area (Å²) < 4.78 is 11.3. The molecule has 0 fully saturated rings. The second-order valence-corrected chi connectivity index (χ2v) is 5.05. The molecule has 0 bridgehead atoms. The zero-order chi connectivity index (χ0) is 15.2. The molecule has 4 heteroatoms. The standard InChI is InChI=1S/C18H18N2O2/c1-2-6-14-9-11-16(12-10-14)21-13-17-19-20-18(22-17)15-7-4-3-5-8-15/h3-5,7-12H,2,6,13H2,1H3. The third-order valence-corrected chi connectivity index (χ3v) is 3.31. The van der Waals surface area contributed by atoms with Crippen LogP contribution in [0.1, 0.15) is 24.8 Å². The van der Waals surface area contributed by atoms with Crippen LogP contribution in [0.25, 0.3) is 11.5 Å². The lowest BCUT2D eigenvalue weighted by atomic mass is 10.1. The number of hydrogen-bond acceptors (Lipinski definition) is 4. The lowest BCUT2D eigenvalue weighted by Gasteiger charge is -2.04. The lowest BCUT2D eigenvalue weighted by Crippen LogP contribution is -1.95. The van der Waals surface area contributed by atoms with Crippen LogP contribution in [0.2, 0.25) is 0 Å². The SMILES string of the molecule is CCCc1ccc(OCc2nnc(-c3ccccc3)o2)cc1. The van der Waals surface area contributed by atoms with Gasteiger partial charge in [0.2, 0.25) is 5.89 Å². The summed E-state index contributed by atoms with van der Waals surface area (Å²) in [6.07, 6.45) is 2.23. The fourth-order valence-corrected chi connectivity index (χ4v) is 2.20. The van der Waals surface area contributed by atoms with Crippen molar-refractivity contribution < 1.29 is 9.15 Å². The molecule has 22 heavy (non-hydrogen) atoms. The summed E-state index contributed by atoms with van der Waals surface area (Å²) in [4.78, 5) is 0. The summed E-state index contributed by atoms with van der Waals surface area (Å²) in [7, 11) is 0. The molecule has 0 saturated heterocycles. The van der Waals surface area contributed by atoms with Gasteiger partial charge in [-0.15, -0.1) is 10.2 Å². The van der Waals surface area contributed by atoms with Crippen molar-refractivity contribution in [1.29, 1.82) is 0 Å². The van der Waals surface area contributed by atoms with E-state index < -0.39 is 0 Å². The highest BCUT2D eigenvalue weighted by Crippen LogP contribution is 2.19. The van der Waals surface area contributed by atoms with Crippen molar-refractivity contribution in [3.63, 3.8) is 0 Å². The summed E-state index contributed by atoms with van der Waals surface area (Å²) in [5, 5.41) is 8.05. The number of rotatable bonds is 6. The Morgan fingerprint density at radius 2 is 1.73 bits per heavy atom. The van der Waals surface area contributed by atoms with E-state index in [9.17, 15) is 0 Å². The second kappa shape index (κ2) is 6.89. The second-order valence-electron chi connectivity index (χ2n) is 5.05. The molecule has 0 spiro atoms. The van der Waals surface area contributed by atoms with Crippen LogP contribution in [0.5, 0.6) is 5.75 Å². The highest BCUT2D eigenvalue weighted by Gasteiger charge is 2.08. The van der Waals surface area contributed by atoms with Gasteiger partial charge in [0.05, 0.1) is 0 Å². The van der Waals surface area contributed by atoms with Crippen LogP contribution in [0.4, 0.5) is 0 Å². The van der Waals surface area contributed by atoms with Crippen molar-refractivity contribution in [3.05, 3.63) is 66.1 Å². The molecule has 0 amide bonds. The van der Waals surface area contributed by atoms with Gasteiger partial charge in [-0.05, 0) is 36.2 Å². The minimum absolute atomic E-state index is 0.271. The lowest BCUT2D eigenvalue weighted by molar-refractivity contribution is 0.264. The van der Waals surface area contributed by atoms with Crippen LogP contribution < -0.4 is 4.74 Å². The first kappa shape index (κ1) is 14.3. The van der Waals surface area contributed by atoms with Gasteiger partial charge in [-0.1, -0.05) is 43.7 Å². The van der Waals surface area contributed by atoms with E-state index in [1.807, 2.05) is 42.5 Å². The van der Waals surface area contributed by atoms with E-state index in [0.29, 0.717) is 11.8 Å². The molecule has 1 heterocycles. The molecule has 0 N–H and O–H groups in total. The van der Waals surface area contributed by atoms with Gasteiger partial charge in [0.15, 0.2) is 6.61 Å². The smallest absolute Gasteiger partial charge is 0.254 e. The highest BCUT2D eigenvalue weighted by molar-refractivity contribution is 5.51. The Bertz CT molecular complexity index is 705. The molecule has 0 atom stereocenters. The maximum absolute atomic E-state index is 5.68. The van der Waals surface area contributed by atoms with Crippen LogP contribution >= 0.6 is 0 Å². The fraction of sp³-hybridized carbons (Fsp3) is 0.222. The zero-order valence-electron chi connectivity index (χ0n) is 12.5. The summed E-state index contributed by atoms with van der Waals surface area (Å²) >= 11 is 0. The number of nitrogens with zero attached hydrogens (tertiary/aromatic N) is 2. The zero-order valence-corrected chi connectivity index (χ0v) is 12.5. The van der Waals surface area contributed by atoms with Crippen molar-refractivity contribution in [2.75, 3.05) is 0 Å². The van der Waals surface area contributed by atoms with E-state index in [1.165, 1.54) is 5.56 Å². The molecule has 3 aromatic rings. The molecule has 0 aliphatic heterocycles. The molecule has 2 aromatic carbocycles. The number of ether oxygens (including phenoxy) is 1. The minimum Gasteiger partial charge on any atom is -0.484 e. The molecule has 0 aliphatic carbocycles. The Balaban J connectivity index is 1.61. The molecule has 4 nitrogen and oxygen atoms in total. The summed E-state index contributed by atoms with van der Waals surface area (Å²) in [5.74, 6) is 1.79. The fourth-order valence-electron chi connectivity index (χ4n) is 2.20. The first-order valence-electron chi connectivity index (χ1n) is 7.44. The van der Waals surface area contributed by atoms with E-state index in [1.54, 1.807) is 0 Å². The number of benzene rings is 2. The summed E-state index contributed by atoms with van der Waals surface area (Å²) in [5.41, 5.74) is 2.23. The molecule has 112 valence electrons. The Hall–Kier alpha value is -2.62. The van der Waals surface area contributed by atoms with Crippen molar-refractivity contribution in [2.45, 2.75) is 26.4 Å². The Labute approximate surface area is 129 Å². The number of aromatic nitrogens is 2. The van der Waals surface area contributed by atoms with Gasteiger partial charge in [-0.3, -0.25) is 0 Å². The predicted octanol–water partition coefficient (Wildman–Crippen LogP) is 4.27.